The van der Waals surface area contributed by atoms with Gasteiger partial charge in [0.05, 0.1) is 11.8 Å². The summed E-state index contributed by atoms with van der Waals surface area (Å²) >= 11 is 0. The topological polar surface area (TPSA) is 63.7 Å². The molecule has 0 radical (unpaired) electrons. The summed E-state index contributed by atoms with van der Waals surface area (Å²) in [5.41, 5.74) is 1.93. The van der Waals surface area contributed by atoms with Crippen LogP contribution in [0, 0.1) is 31.6 Å². The maximum Gasteiger partial charge on any atom is 0.334 e. The molecule has 0 aromatic heterocycles. The van der Waals surface area contributed by atoms with Crippen molar-refractivity contribution in [1.29, 1.82) is 0 Å². The van der Waals surface area contributed by atoms with E-state index in [9.17, 15) is 14.4 Å². The molecule has 2 amide bonds. The van der Waals surface area contributed by atoms with Crippen LogP contribution < -0.4 is 4.74 Å². The number of aryl methyl sites for hydroxylation is 2. The van der Waals surface area contributed by atoms with Crippen molar-refractivity contribution < 1.29 is 19.1 Å². The van der Waals surface area contributed by atoms with Crippen LogP contribution in [0.1, 0.15) is 44.2 Å². The number of esters is 1. The molecule has 27 heavy (non-hydrogen) atoms. The third kappa shape index (κ3) is 3.82. The van der Waals surface area contributed by atoms with Crippen LogP contribution in [0.4, 0.5) is 0 Å². The second-order valence-electron chi connectivity index (χ2n) is 8.04. The number of carbonyl (C=O) groups is 3. The van der Waals surface area contributed by atoms with Gasteiger partial charge < -0.3 is 4.74 Å². The fourth-order valence-electron chi connectivity index (χ4n) is 3.98. The molecule has 1 aliphatic heterocycles. The molecule has 0 N–H and O–H groups in total. The second kappa shape index (κ2) is 7.67. The first-order valence-electron chi connectivity index (χ1n) is 9.60. The summed E-state index contributed by atoms with van der Waals surface area (Å²) in [6.45, 7) is 7.78. The highest BCUT2D eigenvalue weighted by atomic mass is 16.5. The number of benzene rings is 1. The minimum Gasteiger partial charge on any atom is -0.425 e. The Bertz CT molecular complexity index is 770. The smallest absolute Gasteiger partial charge is 0.334 e. The zero-order chi connectivity index (χ0) is 19.7. The van der Waals surface area contributed by atoms with E-state index in [4.69, 9.17) is 4.74 Å². The van der Waals surface area contributed by atoms with Crippen molar-refractivity contribution in [2.75, 3.05) is 0 Å². The van der Waals surface area contributed by atoms with Crippen molar-refractivity contribution in [1.82, 2.24) is 4.90 Å². The predicted molar refractivity (Wildman–Crippen MR) is 102 cm³/mol. The Morgan fingerprint density at radius 2 is 1.70 bits per heavy atom. The molecule has 1 aromatic carbocycles. The van der Waals surface area contributed by atoms with Crippen molar-refractivity contribution in [3.8, 4) is 5.75 Å². The van der Waals surface area contributed by atoms with Crippen molar-refractivity contribution in [2.24, 2.45) is 17.8 Å². The Hall–Kier alpha value is -2.43. The van der Waals surface area contributed by atoms with E-state index in [1.54, 1.807) is 6.07 Å². The average Bonchev–Trinajstić information content (AvgIpc) is 2.86. The molecule has 5 nitrogen and oxygen atoms in total. The molecule has 0 saturated carbocycles. The highest BCUT2D eigenvalue weighted by Crippen LogP contribution is 2.37. The minimum absolute atomic E-state index is 0.142. The monoisotopic (exact) mass is 369 g/mol. The molecule has 0 spiro atoms. The molecule has 2 aliphatic rings. The average molecular weight is 369 g/mol. The van der Waals surface area contributed by atoms with Crippen molar-refractivity contribution in [2.45, 2.75) is 53.0 Å². The minimum atomic E-state index is -0.878. The number of nitrogens with zero attached hydrogens (tertiary/aromatic N) is 1. The van der Waals surface area contributed by atoms with Gasteiger partial charge in [-0.25, -0.2) is 4.79 Å². The normalized spacial score (nSPS) is 22.9. The van der Waals surface area contributed by atoms with Gasteiger partial charge in [0.15, 0.2) is 0 Å². The van der Waals surface area contributed by atoms with Crippen molar-refractivity contribution in [3.05, 3.63) is 41.5 Å². The second-order valence-corrected chi connectivity index (χ2v) is 8.04. The largest absolute Gasteiger partial charge is 0.425 e. The summed E-state index contributed by atoms with van der Waals surface area (Å²) in [7, 11) is 0. The van der Waals surface area contributed by atoms with E-state index < -0.39 is 12.0 Å². The summed E-state index contributed by atoms with van der Waals surface area (Å²) in [4.78, 5) is 40.0. The van der Waals surface area contributed by atoms with Crippen molar-refractivity contribution in [3.63, 3.8) is 0 Å². The molecule has 1 aromatic rings. The summed E-state index contributed by atoms with van der Waals surface area (Å²) in [6, 6.07) is 4.69. The van der Waals surface area contributed by atoms with Gasteiger partial charge in [0, 0.05) is 0 Å². The first kappa shape index (κ1) is 19.3. The van der Waals surface area contributed by atoms with Gasteiger partial charge in [0.1, 0.15) is 11.8 Å². The molecule has 1 fully saturated rings. The van der Waals surface area contributed by atoms with Crippen LogP contribution >= 0.6 is 0 Å². The van der Waals surface area contributed by atoms with Gasteiger partial charge in [0.25, 0.3) is 0 Å². The number of imide groups is 1. The quantitative estimate of drug-likeness (QED) is 0.344. The SMILES string of the molecule is Cc1ccc(OC(=O)C(CC(C)C)N2C(=O)C3CC=CCC3C2=O)c(C)c1. The van der Waals surface area contributed by atoms with Crippen molar-refractivity contribution >= 4 is 17.8 Å². The molecule has 5 heteroatoms. The molecule has 1 aliphatic carbocycles. The van der Waals surface area contributed by atoms with Gasteiger partial charge in [-0.3, -0.25) is 14.5 Å². The van der Waals surface area contributed by atoms with E-state index >= 15 is 0 Å². The molecule has 0 bridgehead atoms. The summed E-state index contributed by atoms with van der Waals surface area (Å²) in [5.74, 6) is -1.09. The molecule has 1 saturated heterocycles. The van der Waals surface area contributed by atoms with Gasteiger partial charge in [-0.05, 0) is 50.7 Å². The molecule has 1 heterocycles. The zero-order valence-electron chi connectivity index (χ0n) is 16.4. The van der Waals surface area contributed by atoms with E-state index in [2.05, 4.69) is 0 Å². The molecular formula is C22H27NO4. The van der Waals surface area contributed by atoms with Crippen LogP contribution in [0.15, 0.2) is 30.4 Å². The molecule has 3 atom stereocenters. The summed E-state index contributed by atoms with van der Waals surface area (Å²) in [5, 5.41) is 0. The number of carbonyl (C=O) groups excluding carboxylic acids is 3. The number of ether oxygens (including phenoxy) is 1. The fraction of sp³-hybridized carbons (Fsp3) is 0.500. The lowest BCUT2D eigenvalue weighted by Crippen LogP contribution is -2.48. The number of amides is 2. The van der Waals surface area contributed by atoms with Gasteiger partial charge >= 0.3 is 5.97 Å². The molecular weight excluding hydrogens is 342 g/mol. The molecule has 3 rings (SSSR count). The Labute approximate surface area is 160 Å². The Morgan fingerprint density at radius 3 is 2.22 bits per heavy atom. The Morgan fingerprint density at radius 1 is 1.11 bits per heavy atom. The number of fused-ring (bicyclic) bond motifs is 1. The molecule has 144 valence electrons. The highest BCUT2D eigenvalue weighted by molar-refractivity contribution is 6.08. The van der Waals surface area contributed by atoms with E-state index in [1.165, 1.54) is 4.90 Å². The van der Waals surface area contributed by atoms with Gasteiger partial charge in [-0.15, -0.1) is 0 Å². The summed E-state index contributed by atoms with van der Waals surface area (Å²) < 4.78 is 5.62. The highest BCUT2D eigenvalue weighted by Gasteiger charge is 2.51. The fourth-order valence-corrected chi connectivity index (χ4v) is 3.98. The Balaban J connectivity index is 1.86. The predicted octanol–water partition coefficient (Wildman–Crippen LogP) is 3.57. The number of likely N-dealkylation sites (tertiary alicyclic amines) is 1. The standard InChI is InChI=1S/C22H27NO4/c1-13(2)11-18(22(26)27-19-10-9-14(3)12-15(19)4)23-20(24)16-7-5-6-8-17(16)21(23)25/h5-6,9-10,12-13,16-18H,7-8,11H2,1-4H3. The van der Waals surface area contributed by atoms with Gasteiger partial charge in [-0.1, -0.05) is 43.7 Å². The molecule has 3 unspecified atom stereocenters. The number of hydrogen-bond donors (Lipinski definition) is 0. The third-order valence-corrected chi connectivity index (χ3v) is 5.36. The van der Waals surface area contributed by atoms with E-state index in [1.807, 2.05) is 52.0 Å². The van der Waals surface area contributed by atoms with Gasteiger partial charge in [0.2, 0.25) is 11.8 Å². The van der Waals surface area contributed by atoms with E-state index in [0.29, 0.717) is 25.0 Å². The lowest BCUT2D eigenvalue weighted by molar-refractivity contribution is -0.154. The summed E-state index contributed by atoms with van der Waals surface area (Å²) in [6.07, 6.45) is 5.41. The maximum absolute atomic E-state index is 13.0. The lowest BCUT2D eigenvalue weighted by Gasteiger charge is -2.26. The van der Waals surface area contributed by atoms with Crippen LogP contribution in [-0.2, 0) is 14.4 Å². The van der Waals surface area contributed by atoms with Crippen LogP contribution in [0.2, 0.25) is 0 Å². The van der Waals surface area contributed by atoms with E-state index in [-0.39, 0.29) is 29.6 Å². The van der Waals surface area contributed by atoms with Crippen LogP contribution in [0.5, 0.6) is 5.75 Å². The third-order valence-electron chi connectivity index (χ3n) is 5.36. The number of rotatable bonds is 5. The van der Waals surface area contributed by atoms with Gasteiger partial charge in [-0.2, -0.15) is 0 Å². The number of hydrogen-bond acceptors (Lipinski definition) is 4. The van der Waals surface area contributed by atoms with Crippen LogP contribution in [0.3, 0.4) is 0 Å². The lowest BCUT2D eigenvalue weighted by atomic mass is 9.85. The van der Waals surface area contributed by atoms with E-state index in [0.717, 1.165) is 11.1 Å². The maximum atomic E-state index is 13.0. The zero-order valence-corrected chi connectivity index (χ0v) is 16.4. The van der Waals surface area contributed by atoms with Crippen LogP contribution in [0.25, 0.3) is 0 Å². The first-order chi connectivity index (χ1) is 12.8. The number of allylic oxidation sites excluding steroid dienone is 2. The Kier molecular flexibility index (Phi) is 5.49. The first-order valence-corrected chi connectivity index (χ1v) is 9.60. The van der Waals surface area contributed by atoms with Crippen LogP contribution in [-0.4, -0.2) is 28.7 Å².